The van der Waals surface area contributed by atoms with Crippen molar-refractivity contribution >= 4 is 26.4 Å². The van der Waals surface area contributed by atoms with E-state index in [0.717, 1.165) is 5.03 Å². The first-order chi connectivity index (χ1) is 6.29. The minimum Gasteiger partial charge on any atom is -0.334 e. The molecule has 0 saturated carbocycles. The highest BCUT2D eigenvalue weighted by atomic mass is 32.2. The van der Waals surface area contributed by atoms with Crippen molar-refractivity contribution in [3.63, 3.8) is 0 Å². The molecular weight excluding hydrogens is 203 g/mol. The van der Waals surface area contributed by atoms with Gasteiger partial charge < -0.3 is 5.09 Å². The Morgan fingerprint density at radius 2 is 2.46 bits per heavy atom. The van der Waals surface area contributed by atoms with Crippen molar-refractivity contribution in [3.8, 4) is 0 Å². The molecule has 1 aromatic heterocycles. The predicted molar refractivity (Wildman–Crippen MR) is 57.7 cm³/mol. The maximum Gasteiger partial charge on any atom is 0.257 e. The molecule has 70 valence electrons. The summed E-state index contributed by atoms with van der Waals surface area (Å²) in [5.74, 6) is -0.0433. The molecule has 13 heavy (non-hydrogen) atoms. The Labute approximate surface area is 83.6 Å². The van der Waals surface area contributed by atoms with Gasteiger partial charge in [0.25, 0.3) is 5.91 Å². The number of thioether (sulfide) groups is 1. The lowest BCUT2D eigenvalue weighted by Gasteiger charge is -2.04. The second kappa shape index (κ2) is 5.20. The zero-order valence-electron chi connectivity index (χ0n) is 7.50. The number of amides is 1. The highest BCUT2D eigenvalue weighted by Gasteiger charge is 2.09. The average molecular weight is 214 g/mol. The smallest absolute Gasteiger partial charge is 0.257 e. The summed E-state index contributed by atoms with van der Waals surface area (Å²) in [5, 5.41) is 3.55. The molecule has 0 spiro atoms. The van der Waals surface area contributed by atoms with Crippen molar-refractivity contribution in [1.82, 2.24) is 10.1 Å². The molecule has 1 unspecified atom stereocenters. The molecule has 0 aliphatic rings. The Morgan fingerprint density at radius 1 is 1.69 bits per heavy atom. The number of hydrogen-bond acceptors (Lipinski definition) is 3. The van der Waals surface area contributed by atoms with E-state index in [0.29, 0.717) is 14.3 Å². The number of hydrogen-bond donors (Lipinski definition) is 1. The summed E-state index contributed by atoms with van der Waals surface area (Å²) in [4.78, 5) is 15.6. The Morgan fingerprint density at radius 3 is 3.08 bits per heavy atom. The van der Waals surface area contributed by atoms with Crippen LogP contribution in [-0.2, 0) is 0 Å². The number of aromatic nitrogens is 1. The summed E-state index contributed by atoms with van der Waals surface area (Å²) in [6.07, 6.45) is 3.60. The number of carbonyl (C=O) groups is 1. The number of pyridine rings is 1. The van der Waals surface area contributed by atoms with Gasteiger partial charge in [-0.3, -0.25) is 4.79 Å². The third kappa shape index (κ3) is 2.68. The monoisotopic (exact) mass is 214 g/mol. The highest BCUT2D eigenvalue weighted by molar-refractivity contribution is 7.98. The van der Waals surface area contributed by atoms with Crippen LogP contribution in [0.25, 0.3) is 0 Å². The minimum atomic E-state index is -0.0433. The van der Waals surface area contributed by atoms with Gasteiger partial charge >= 0.3 is 0 Å². The third-order valence-corrected chi connectivity index (χ3v) is 2.64. The van der Waals surface area contributed by atoms with Crippen molar-refractivity contribution in [2.75, 3.05) is 12.9 Å². The van der Waals surface area contributed by atoms with Crippen molar-refractivity contribution in [3.05, 3.63) is 23.9 Å². The maximum atomic E-state index is 11.5. The standard InChI is InChI=1S/C8H11N2OPS/c1-12-10-7(11)6-4-3-5-9-8(6)13-2/h3-5,12H,1-2H3,(H,10,11). The van der Waals surface area contributed by atoms with Gasteiger partial charge in [-0.1, -0.05) is 0 Å². The molecule has 0 bridgehead atoms. The Hall–Kier alpha value is -0.600. The first kappa shape index (κ1) is 10.5. The Balaban J connectivity index is 2.92. The molecule has 1 amide bonds. The molecule has 0 aliphatic heterocycles. The summed E-state index contributed by atoms with van der Waals surface area (Å²) in [7, 11) is 0.425. The maximum absolute atomic E-state index is 11.5. The van der Waals surface area contributed by atoms with E-state index in [1.807, 2.05) is 12.9 Å². The minimum absolute atomic E-state index is 0.0433. The average Bonchev–Trinajstić information content (AvgIpc) is 2.18. The van der Waals surface area contributed by atoms with Gasteiger partial charge in [0.15, 0.2) is 0 Å². The predicted octanol–water partition coefficient (Wildman–Crippen LogP) is 1.76. The SMILES string of the molecule is CPNC(=O)c1cccnc1SC. The van der Waals surface area contributed by atoms with E-state index in [9.17, 15) is 4.79 Å². The van der Waals surface area contributed by atoms with Gasteiger partial charge in [-0.25, -0.2) is 4.98 Å². The van der Waals surface area contributed by atoms with Gasteiger partial charge in [-0.15, -0.1) is 11.8 Å². The van der Waals surface area contributed by atoms with Crippen LogP contribution in [0.3, 0.4) is 0 Å². The lowest BCUT2D eigenvalue weighted by Crippen LogP contribution is -2.15. The zero-order chi connectivity index (χ0) is 9.68. The summed E-state index contributed by atoms with van der Waals surface area (Å²) >= 11 is 1.48. The molecule has 0 fully saturated rings. The van der Waals surface area contributed by atoms with Crippen LogP contribution in [0, 0.1) is 0 Å². The third-order valence-electron chi connectivity index (χ3n) is 1.45. The first-order valence-corrected chi connectivity index (χ1v) is 6.48. The normalized spacial score (nSPS) is 10.6. The van der Waals surface area contributed by atoms with E-state index in [1.165, 1.54) is 11.8 Å². The fourth-order valence-corrected chi connectivity index (χ4v) is 1.82. The molecule has 0 radical (unpaired) electrons. The topological polar surface area (TPSA) is 42.0 Å². The summed E-state index contributed by atoms with van der Waals surface area (Å²) in [6.45, 7) is 1.92. The molecule has 5 heteroatoms. The van der Waals surface area contributed by atoms with E-state index >= 15 is 0 Å². The second-order valence-electron chi connectivity index (χ2n) is 2.26. The molecule has 0 aromatic carbocycles. The number of carbonyl (C=O) groups excluding carboxylic acids is 1. The van der Waals surface area contributed by atoms with Gasteiger partial charge in [0.1, 0.15) is 5.03 Å². The summed E-state index contributed by atoms with van der Waals surface area (Å²) < 4.78 is 0. The molecule has 0 saturated heterocycles. The fraction of sp³-hybridized carbons (Fsp3) is 0.250. The second-order valence-corrected chi connectivity index (χ2v) is 3.81. The molecule has 1 aromatic rings. The summed E-state index contributed by atoms with van der Waals surface area (Å²) in [6, 6.07) is 3.56. The van der Waals surface area contributed by atoms with Crippen LogP contribution in [0.15, 0.2) is 23.4 Å². The van der Waals surface area contributed by atoms with E-state index < -0.39 is 0 Å². The highest BCUT2D eigenvalue weighted by Crippen LogP contribution is 2.17. The van der Waals surface area contributed by atoms with Crippen LogP contribution < -0.4 is 5.09 Å². The summed E-state index contributed by atoms with van der Waals surface area (Å²) in [5.41, 5.74) is 0.657. The molecule has 1 rings (SSSR count). The van der Waals surface area contributed by atoms with E-state index in [4.69, 9.17) is 0 Å². The number of rotatable bonds is 3. The first-order valence-electron chi connectivity index (χ1n) is 3.75. The van der Waals surface area contributed by atoms with Gasteiger partial charge in [0.05, 0.1) is 5.56 Å². The quantitative estimate of drug-likeness (QED) is 0.615. The van der Waals surface area contributed by atoms with E-state index in [-0.39, 0.29) is 5.91 Å². The van der Waals surface area contributed by atoms with Gasteiger partial charge in [-0.2, -0.15) is 0 Å². The zero-order valence-corrected chi connectivity index (χ0v) is 9.31. The van der Waals surface area contributed by atoms with Gasteiger partial charge in [0.2, 0.25) is 0 Å². The van der Waals surface area contributed by atoms with Crippen LogP contribution >= 0.6 is 20.5 Å². The Bertz CT molecular complexity index is 306. The van der Waals surface area contributed by atoms with Crippen LogP contribution in [0.1, 0.15) is 10.4 Å². The van der Waals surface area contributed by atoms with Gasteiger partial charge in [-0.05, 0) is 33.8 Å². The van der Waals surface area contributed by atoms with Crippen LogP contribution in [-0.4, -0.2) is 23.8 Å². The lowest BCUT2D eigenvalue weighted by molar-refractivity contribution is 0.0980. The molecule has 1 heterocycles. The number of nitrogens with zero attached hydrogens (tertiary/aromatic N) is 1. The van der Waals surface area contributed by atoms with E-state index in [2.05, 4.69) is 10.1 Å². The lowest BCUT2D eigenvalue weighted by atomic mass is 10.3. The van der Waals surface area contributed by atoms with Gasteiger partial charge in [0, 0.05) is 6.20 Å². The molecule has 1 N–H and O–H groups in total. The molecule has 0 aliphatic carbocycles. The fourth-order valence-electron chi connectivity index (χ4n) is 0.907. The molecule has 1 atom stereocenters. The molecule has 3 nitrogen and oxygen atoms in total. The van der Waals surface area contributed by atoms with Crippen LogP contribution in [0.4, 0.5) is 0 Å². The number of nitrogens with one attached hydrogen (secondary N) is 1. The van der Waals surface area contributed by atoms with Crippen molar-refractivity contribution in [2.24, 2.45) is 0 Å². The largest absolute Gasteiger partial charge is 0.334 e. The van der Waals surface area contributed by atoms with Crippen molar-refractivity contribution in [2.45, 2.75) is 5.03 Å². The Kier molecular flexibility index (Phi) is 4.19. The van der Waals surface area contributed by atoms with E-state index in [1.54, 1.807) is 18.3 Å². The molecular formula is C8H11N2OPS. The van der Waals surface area contributed by atoms with Crippen LogP contribution in [0.2, 0.25) is 0 Å². The van der Waals surface area contributed by atoms with Crippen LogP contribution in [0.5, 0.6) is 0 Å². The van der Waals surface area contributed by atoms with Crippen molar-refractivity contribution < 1.29 is 4.79 Å². The van der Waals surface area contributed by atoms with Crippen molar-refractivity contribution in [1.29, 1.82) is 0 Å².